The second-order valence-corrected chi connectivity index (χ2v) is 6.42. The van der Waals surface area contributed by atoms with Crippen molar-refractivity contribution in [2.45, 2.75) is 52.0 Å². The lowest BCUT2D eigenvalue weighted by atomic mass is 9.97. The highest BCUT2D eigenvalue weighted by atomic mass is 35.5. The van der Waals surface area contributed by atoms with E-state index in [0.29, 0.717) is 17.4 Å². The third-order valence-corrected chi connectivity index (χ3v) is 4.31. The first-order valence-corrected chi connectivity index (χ1v) is 9.00. The summed E-state index contributed by atoms with van der Waals surface area (Å²) in [6.45, 7) is 4.49. The molecule has 0 heterocycles. The lowest BCUT2D eigenvalue weighted by molar-refractivity contribution is 0.290. The average molecular weight is 338 g/mol. The Morgan fingerprint density at radius 1 is 1.26 bits per heavy atom. The number of hydrogen-bond donors (Lipinski definition) is 1. The highest BCUT2D eigenvalue weighted by Crippen LogP contribution is 2.35. The van der Waals surface area contributed by atoms with Crippen molar-refractivity contribution in [2.75, 3.05) is 20.3 Å². The minimum atomic E-state index is 0.678. The first kappa shape index (κ1) is 18.2. The summed E-state index contributed by atoms with van der Waals surface area (Å²) in [6, 6.07) is 3.77. The van der Waals surface area contributed by atoms with Crippen molar-refractivity contribution in [1.82, 2.24) is 5.32 Å². The summed E-state index contributed by atoms with van der Waals surface area (Å²) in [5.41, 5.74) is 2.65. The van der Waals surface area contributed by atoms with Gasteiger partial charge in [-0.25, -0.2) is 0 Å². The van der Waals surface area contributed by atoms with Gasteiger partial charge in [0.1, 0.15) is 0 Å². The third-order valence-electron chi connectivity index (χ3n) is 4.09. The first-order valence-electron chi connectivity index (χ1n) is 8.62. The van der Waals surface area contributed by atoms with Crippen molar-refractivity contribution < 1.29 is 9.47 Å². The van der Waals surface area contributed by atoms with Gasteiger partial charge in [-0.15, -0.1) is 0 Å². The van der Waals surface area contributed by atoms with Gasteiger partial charge < -0.3 is 14.8 Å². The Balaban J connectivity index is 1.94. The summed E-state index contributed by atoms with van der Waals surface area (Å²) in [7, 11) is 1.65. The maximum atomic E-state index is 6.20. The molecule has 2 rings (SSSR count). The fraction of sp³-hybridized carbons (Fsp3) is 0.579. The SMILES string of the molecule is CCCOc1c(CNCCC2=CCCCC2)cc(Cl)cc1OC. The van der Waals surface area contributed by atoms with Crippen LogP contribution in [-0.2, 0) is 6.54 Å². The molecule has 0 amide bonds. The molecule has 1 aliphatic carbocycles. The number of nitrogens with one attached hydrogen (secondary N) is 1. The molecule has 1 N–H and O–H groups in total. The van der Waals surface area contributed by atoms with Crippen LogP contribution in [-0.4, -0.2) is 20.3 Å². The molecule has 0 aromatic heterocycles. The van der Waals surface area contributed by atoms with Gasteiger partial charge in [0.15, 0.2) is 11.5 Å². The zero-order chi connectivity index (χ0) is 16.5. The normalized spacial score (nSPS) is 14.5. The topological polar surface area (TPSA) is 30.5 Å². The van der Waals surface area contributed by atoms with Crippen LogP contribution in [0.15, 0.2) is 23.8 Å². The summed E-state index contributed by atoms with van der Waals surface area (Å²) in [4.78, 5) is 0. The van der Waals surface area contributed by atoms with Gasteiger partial charge in [0.2, 0.25) is 0 Å². The van der Waals surface area contributed by atoms with E-state index in [1.54, 1.807) is 12.7 Å². The van der Waals surface area contributed by atoms with E-state index in [1.807, 2.05) is 12.1 Å². The summed E-state index contributed by atoms with van der Waals surface area (Å²) < 4.78 is 11.3. The standard InChI is InChI=1S/C19H28ClNO2/c1-3-11-23-19-16(12-17(20)13-18(19)22-2)14-21-10-9-15-7-5-4-6-8-15/h7,12-13,21H,3-6,8-11,14H2,1-2H3. The molecule has 1 aliphatic rings. The maximum absolute atomic E-state index is 6.20. The van der Waals surface area contributed by atoms with Crippen LogP contribution in [0, 0.1) is 0 Å². The van der Waals surface area contributed by atoms with E-state index < -0.39 is 0 Å². The molecule has 0 spiro atoms. The molecule has 1 aromatic rings. The molecule has 23 heavy (non-hydrogen) atoms. The molecule has 0 fully saturated rings. The Bertz CT molecular complexity index is 528. The average Bonchev–Trinajstić information content (AvgIpc) is 2.58. The van der Waals surface area contributed by atoms with Crippen LogP contribution in [0.5, 0.6) is 11.5 Å². The predicted octanol–water partition coefficient (Wildman–Crippen LogP) is 5.12. The smallest absolute Gasteiger partial charge is 0.165 e. The first-order chi connectivity index (χ1) is 11.2. The minimum Gasteiger partial charge on any atom is -0.493 e. The van der Waals surface area contributed by atoms with Crippen molar-refractivity contribution >= 4 is 11.6 Å². The second-order valence-electron chi connectivity index (χ2n) is 5.98. The molecule has 128 valence electrons. The zero-order valence-electron chi connectivity index (χ0n) is 14.3. The van der Waals surface area contributed by atoms with Gasteiger partial charge in [0.25, 0.3) is 0 Å². The fourth-order valence-electron chi connectivity index (χ4n) is 2.88. The Hall–Kier alpha value is -1.19. The molecule has 4 heteroatoms. The minimum absolute atomic E-state index is 0.678. The molecule has 0 radical (unpaired) electrons. The van der Waals surface area contributed by atoms with Crippen LogP contribution in [0.1, 0.15) is 51.0 Å². The molecule has 0 saturated carbocycles. The van der Waals surface area contributed by atoms with E-state index in [4.69, 9.17) is 21.1 Å². The van der Waals surface area contributed by atoms with E-state index in [0.717, 1.165) is 37.2 Å². The largest absolute Gasteiger partial charge is 0.493 e. The number of ether oxygens (including phenoxy) is 2. The summed E-state index contributed by atoms with van der Waals surface area (Å²) in [5, 5.41) is 4.19. The van der Waals surface area contributed by atoms with E-state index in [1.165, 1.54) is 25.7 Å². The lowest BCUT2D eigenvalue weighted by Gasteiger charge is -2.17. The highest BCUT2D eigenvalue weighted by Gasteiger charge is 2.13. The monoisotopic (exact) mass is 337 g/mol. The molecule has 0 aliphatic heterocycles. The van der Waals surface area contributed by atoms with Gasteiger partial charge in [-0.2, -0.15) is 0 Å². The zero-order valence-corrected chi connectivity index (χ0v) is 15.0. The fourth-order valence-corrected chi connectivity index (χ4v) is 3.11. The number of rotatable bonds is 9. The van der Waals surface area contributed by atoms with Crippen LogP contribution in [0.3, 0.4) is 0 Å². The van der Waals surface area contributed by atoms with Gasteiger partial charge in [0.05, 0.1) is 13.7 Å². The van der Waals surface area contributed by atoms with Crippen molar-refractivity contribution in [2.24, 2.45) is 0 Å². The van der Waals surface area contributed by atoms with Crippen LogP contribution in [0.2, 0.25) is 5.02 Å². The Morgan fingerprint density at radius 3 is 2.83 bits per heavy atom. The number of hydrogen-bond acceptors (Lipinski definition) is 3. The third kappa shape index (κ3) is 5.74. The van der Waals surface area contributed by atoms with E-state index in [-0.39, 0.29) is 0 Å². The van der Waals surface area contributed by atoms with E-state index >= 15 is 0 Å². The maximum Gasteiger partial charge on any atom is 0.165 e. The van der Waals surface area contributed by atoms with Crippen LogP contribution < -0.4 is 14.8 Å². The van der Waals surface area contributed by atoms with Crippen molar-refractivity contribution in [3.05, 3.63) is 34.4 Å². The van der Waals surface area contributed by atoms with Gasteiger partial charge in [-0.3, -0.25) is 0 Å². The molecular weight excluding hydrogens is 310 g/mol. The number of benzene rings is 1. The van der Waals surface area contributed by atoms with E-state index in [9.17, 15) is 0 Å². The van der Waals surface area contributed by atoms with Crippen LogP contribution in [0.25, 0.3) is 0 Å². The molecule has 3 nitrogen and oxygen atoms in total. The quantitative estimate of drug-likeness (QED) is 0.501. The van der Waals surface area contributed by atoms with E-state index in [2.05, 4.69) is 18.3 Å². The molecule has 0 atom stereocenters. The van der Waals surface area contributed by atoms with Gasteiger partial charge in [-0.1, -0.05) is 30.2 Å². The lowest BCUT2D eigenvalue weighted by Crippen LogP contribution is -2.17. The summed E-state index contributed by atoms with van der Waals surface area (Å²) in [6.07, 6.45) is 9.69. The van der Waals surface area contributed by atoms with Crippen LogP contribution >= 0.6 is 11.6 Å². The molecule has 0 saturated heterocycles. The van der Waals surface area contributed by atoms with Gasteiger partial charge >= 0.3 is 0 Å². The van der Waals surface area contributed by atoms with Crippen molar-refractivity contribution in [1.29, 1.82) is 0 Å². The molecule has 1 aromatic carbocycles. The Labute approximate surface area is 145 Å². The Morgan fingerprint density at radius 2 is 2.13 bits per heavy atom. The Kier molecular flexibility index (Phi) is 7.77. The van der Waals surface area contributed by atoms with Crippen LogP contribution in [0.4, 0.5) is 0 Å². The molecule has 0 bridgehead atoms. The second kappa shape index (κ2) is 9.84. The van der Waals surface area contributed by atoms with Crippen molar-refractivity contribution in [3.63, 3.8) is 0 Å². The number of allylic oxidation sites excluding steroid dienone is 1. The number of methoxy groups -OCH3 is 1. The highest BCUT2D eigenvalue weighted by molar-refractivity contribution is 6.30. The number of halogens is 1. The summed E-state index contributed by atoms with van der Waals surface area (Å²) in [5.74, 6) is 1.51. The molecule has 0 unspecified atom stereocenters. The van der Waals surface area contributed by atoms with Crippen molar-refractivity contribution in [3.8, 4) is 11.5 Å². The predicted molar refractivity (Wildman–Crippen MR) is 96.7 cm³/mol. The van der Waals surface area contributed by atoms with Gasteiger partial charge in [0, 0.05) is 23.2 Å². The summed E-state index contributed by atoms with van der Waals surface area (Å²) >= 11 is 6.20. The van der Waals surface area contributed by atoms with Gasteiger partial charge in [-0.05, 0) is 51.1 Å². The molecular formula is C19H28ClNO2.